The average molecular weight is 335 g/mol. The third-order valence-electron chi connectivity index (χ3n) is 3.36. The van der Waals surface area contributed by atoms with Crippen molar-refractivity contribution >= 4 is 27.8 Å². The fourth-order valence-electron chi connectivity index (χ4n) is 2.10. The van der Waals surface area contributed by atoms with Crippen LogP contribution < -0.4 is 0 Å². The van der Waals surface area contributed by atoms with Crippen LogP contribution in [-0.2, 0) is 14.3 Å². The molecule has 0 aliphatic carbocycles. The summed E-state index contributed by atoms with van der Waals surface area (Å²) in [6.07, 6.45) is 3.07. The largest absolute Gasteiger partial charge is 0.469 e. The van der Waals surface area contributed by atoms with Crippen LogP contribution in [0.2, 0.25) is 0 Å². The van der Waals surface area contributed by atoms with Crippen molar-refractivity contribution in [1.29, 1.82) is 0 Å². The number of esters is 1. The monoisotopic (exact) mass is 334 g/mol. The molecule has 1 aliphatic heterocycles. The van der Waals surface area contributed by atoms with Crippen LogP contribution in [0.5, 0.6) is 0 Å². The highest BCUT2D eigenvalue weighted by Crippen LogP contribution is 2.07. The molecule has 0 aromatic rings. The van der Waals surface area contributed by atoms with Gasteiger partial charge in [0.25, 0.3) is 0 Å². The van der Waals surface area contributed by atoms with Crippen molar-refractivity contribution < 1.29 is 14.3 Å². The topological polar surface area (TPSA) is 49.9 Å². The van der Waals surface area contributed by atoms with E-state index >= 15 is 0 Å². The summed E-state index contributed by atoms with van der Waals surface area (Å²) in [5.41, 5.74) is 0. The quantitative estimate of drug-likeness (QED) is 0.399. The van der Waals surface area contributed by atoms with Gasteiger partial charge in [0.05, 0.1) is 13.5 Å². The Balaban J connectivity index is 2.17. The third-order valence-corrected chi connectivity index (χ3v) is 3.92. The number of alkyl halides is 1. The van der Waals surface area contributed by atoms with Crippen LogP contribution in [0.4, 0.5) is 0 Å². The van der Waals surface area contributed by atoms with Crippen LogP contribution in [0.25, 0.3) is 0 Å². The van der Waals surface area contributed by atoms with Gasteiger partial charge in [-0.15, -0.1) is 0 Å². The van der Waals surface area contributed by atoms with Crippen LogP contribution >= 0.6 is 15.9 Å². The first-order valence-electron chi connectivity index (χ1n) is 6.80. The number of hydrogen-bond acceptors (Lipinski definition) is 4. The summed E-state index contributed by atoms with van der Waals surface area (Å²) in [4.78, 5) is 27.1. The lowest BCUT2D eigenvalue weighted by Crippen LogP contribution is -2.49. The van der Waals surface area contributed by atoms with Gasteiger partial charge in [0.2, 0.25) is 5.91 Å². The SMILES string of the molecule is COC(=O)CCN1CCN(C(=O)CCCCBr)CC1. The molecule has 0 saturated carbocycles. The van der Waals surface area contributed by atoms with Crippen molar-refractivity contribution in [3.8, 4) is 0 Å². The van der Waals surface area contributed by atoms with Crippen LogP contribution in [0.3, 0.4) is 0 Å². The average Bonchev–Trinajstić information content (AvgIpc) is 2.45. The molecule has 1 heterocycles. The molecule has 0 radical (unpaired) electrons. The van der Waals surface area contributed by atoms with E-state index in [0.29, 0.717) is 12.8 Å². The number of carbonyl (C=O) groups is 2. The van der Waals surface area contributed by atoms with E-state index in [4.69, 9.17) is 0 Å². The second kappa shape index (κ2) is 9.31. The van der Waals surface area contributed by atoms with Gasteiger partial charge in [-0.3, -0.25) is 14.5 Å². The molecule has 0 aromatic carbocycles. The normalized spacial score (nSPS) is 16.4. The zero-order valence-corrected chi connectivity index (χ0v) is 13.2. The Morgan fingerprint density at radius 1 is 1.11 bits per heavy atom. The van der Waals surface area contributed by atoms with Gasteiger partial charge in [-0.1, -0.05) is 15.9 Å². The van der Waals surface area contributed by atoms with Crippen LogP contribution in [0.1, 0.15) is 25.7 Å². The lowest BCUT2D eigenvalue weighted by atomic mass is 10.2. The number of carbonyl (C=O) groups excluding carboxylic acids is 2. The minimum atomic E-state index is -0.173. The molecule has 1 rings (SSSR count). The molecular formula is C13H23BrN2O3. The van der Waals surface area contributed by atoms with Gasteiger partial charge in [0.1, 0.15) is 0 Å². The smallest absolute Gasteiger partial charge is 0.306 e. The lowest BCUT2D eigenvalue weighted by molar-refractivity contribution is -0.141. The van der Waals surface area contributed by atoms with E-state index < -0.39 is 0 Å². The Morgan fingerprint density at radius 2 is 1.79 bits per heavy atom. The van der Waals surface area contributed by atoms with Gasteiger partial charge >= 0.3 is 5.97 Å². The van der Waals surface area contributed by atoms with Gasteiger partial charge in [-0.25, -0.2) is 0 Å². The second-order valence-corrected chi connectivity index (χ2v) is 5.49. The molecule has 1 fully saturated rings. The molecule has 0 atom stereocenters. The summed E-state index contributed by atoms with van der Waals surface area (Å²) in [6.45, 7) is 3.96. The van der Waals surface area contributed by atoms with Crippen molar-refractivity contribution in [3.05, 3.63) is 0 Å². The maximum absolute atomic E-state index is 11.9. The first kappa shape index (κ1) is 16.4. The molecule has 19 heavy (non-hydrogen) atoms. The van der Waals surface area contributed by atoms with Gasteiger partial charge in [-0.2, -0.15) is 0 Å². The molecule has 0 spiro atoms. The number of unbranched alkanes of at least 4 members (excludes halogenated alkanes) is 1. The molecule has 0 aromatic heterocycles. The predicted octanol–water partition coefficient (Wildman–Crippen LogP) is 1.26. The van der Waals surface area contributed by atoms with Gasteiger partial charge < -0.3 is 9.64 Å². The fourth-order valence-corrected chi connectivity index (χ4v) is 2.50. The highest BCUT2D eigenvalue weighted by atomic mass is 79.9. The van der Waals surface area contributed by atoms with Crippen molar-refractivity contribution in [3.63, 3.8) is 0 Å². The summed E-state index contributed by atoms with van der Waals surface area (Å²) in [6, 6.07) is 0. The standard InChI is InChI=1S/C13H23BrN2O3/c1-19-13(18)5-7-15-8-10-16(11-9-15)12(17)4-2-3-6-14/h2-11H2,1H3. The fraction of sp³-hybridized carbons (Fsp3) is 0.846. The van der Waals surface area contributed by atoms with Crippen molar-refractivity contribution in [2.24, 2.45) is 0 Å². The van der Waals surface area contributed by atoms with Gasteiger partial charge in [0, 0.05) is 44.5 Å². The lowest BCUT2D eigenvalue weighted by Gasteiger charge is -2.34. The van der Waals surface area contributed by atoms with E-state index in [0.717, 1.165) is 50.9 Å². The highest BCUT2D eigenvalue weighted by Gasteiger charge is 2.20. The molecule has 5 nitrogen and oxygen atoms in total. The summed E-state index contributed by atoms with van der Waals surface area (Å²) >= 11 is 3.37. The van der Waals surface area contributed by atoms with E-state index in [1.807, 2.05) is 4.90 Å². The van der Waals surface area contributed by atoms with E-state index in [1.54, 1.807) is 0 Å². The third kappa shape index (κ3) is 6.38. The number of methoxy groups -OCH3 is 1. The Kier molecular flexibility index (Phi) is 8.05. The van der Waals surface area contributed by atoms with E-state index in [-0.39, 0.29) is 11.9 Å². The second-order valence-electron chi connectivity index (χ2n) is 4.69. The van der Waals surface area contributed by atoms with Gasteiger partial charge in [-0.05, 0) is 12.8 Å². The molecule has 0 bridgehead atoms. The van der Waals surface area contributed by atoms with Crippen LogP contribution in [-0.4, -0.2) is 66.8 Å². The Morgan fingerprint density at radius 3 is 2.37 bits per heavy atom. The molecule has 110 valence electrons. The van der Waals surface area contributed by atoms with Crippen molar-refractivity contribution in [2.75, 3.05) is 45.2 Å². The molecule has 0 N–H and O–H groups in total. The molecule has 1 amide bonds. The summed E-state index contributed by atoms with van der Waals surface area (Å²) < 4.78 is 4.62. The molecule has 0 unspecified atom stereocenters. The molecule has 1 saturated heterocycles. The maximum atomic E-state index is 11.9. The first-order valence-corrected chi connectivity index (χ1v) is 7.92. The molecule has 6 heteroatoms. The summed E-state index contributed by atoms with van der Waals surface area (Å²) in [7, 11) is 1.41. The summed E-state index contributed by atoms with van der Waals surface area (Å²) in [5, 5.41) is 0.960. The van der Waals surface area contributed by atoms with Crippen molar-refractivity contribution in [1.82, 2.24) is 9.80 Å². The van der Waals surface area contributed by atoms with E-state index in [1.165, 1.54) is 7.11 Å². The predicted molar refractivity (Wildman–Crippen MR) is 77.3 cm³/mol. The Hall–Kier alpha value is -0.620. The van der Waals surface area contributed by atoms with Crippen LogP contribution in [0, 0.1) is 0 Å². The van der Waals surface area contributed by atoms with Gasteiger partial charge in [0.15, 0.2) is 0 Å². The van der Waals surface area contributed by atoms with E-state index in [2.05, 4.69) is 25.6 Å². The minimum Gasteiger partial charge on any atom is -0.469 e. The number of rotatable bonds is 7. The first-order chi connectivity index (χ1) is 9.17. The van der Waals surface area contributed by atoms with E-state index in [9.17, 15) is 9.59 Å². The number of piperazine rings is 1. The maximum Gasteiger partial charge on any atom is 0.306 e. The highest BCUT2D eigenvalue weighted by molar-refractivity contribution is 9.09. The number of hydrogen-bond donors (Lipinski definition) is 0. The summed E-state index contributed by atoms with van der Waals surface area (Å²) in [5.74, 6) is 0.0850. The number of nitrogens with zero attached hydrogens (tertiary/aromatic N) is 2. The number of amides is 1. The minimum absolute atomic E-state index is 0.173. The zero-order valence-electron chi connectivity index (χ0n) is 11.6. The van der Waals surface area contributed by atoms with Crippen LogP contribution in [0.15, 0.2) is 0 Å². The Bertz CT molecular complexity index is 292. The zero-order chi connectivity index (χ0) is 14.1. The number of halogens is 1. The molecular weight excluding hydrogens is 312 g/mol. The Labute approximate surface area is 123 Å². The van der Waals surface area contributed by atoms with Crippen molar-refractivity contribution in [2.45, 2.75) is 25.7 Å². The molecule has 1 aliphatic rings. The number of ether oxygens (including phenoxy) is 1.